The Hall–Kier alpha value is -4.31. The molecule has 1 fully saturated rings. The largest absolute Gasteiger partial charge is 0.497 e. The molecule has 1 aromatic heterocycles. The number of piperazine rings is 1. The standard InChI is InChI=1S/C37H42ClN5O4/c1-39(2)15-8-16-40-17-19-41(20-18-40)37(45)34-14-13-28-25-43(33-12-6-5-9-27(33)24-42(28)34)36(44)31-22-32(38)30(23-35(31)47-4)26-10-7-11-29(21-26)46-3/h5-7,9-14,21-23H,8,15-20,24-25H2,1-4H3. The first-order valence-corrected chi connectivity index (χ1v) is 16.4. The first-order chi connectivity index (χ1) is 22.8. The minimum Gasteiger partial charge on any atom is -0.497 e. The van der Waals surface area contributed by atoms with Gasteiger partial charge in [-0.25, -0.2) is 0 Å². The smallest absolute Gasteiger partial charge is 0.270 e. The fraction of sp³-hybridized carbons (Fsp3) is 0.351. The number of nitrogens with zero attached hydrogens (tertiary/aromatic N) is 5. The number of hydrogen-bond donors (Lipinski definition) is 0. The van der Waals surface area contributed by atoms with Gasteiger partial charge in [0.25, 0.3) is 11.8 Å². The third-order valence-corrected chi connectivity index (χ3v) is 9.42. The van der Waals surface area contributed by atoms with Crippen LogP contribution in [0.4, 0.5) is 5.69 Å². The summed E-state index contributed by atoms with van der Waals surface area (Å²) in [6.07, 6.45) is 1.12. The third kappa shape index (κ3) is 6.88. The van der Waals surface area contributed by atoms with Gasteiger partial charge in [-0.15, -0.1) is 0 Å². The Morgan fingerprint density at radius 3 is 2.38 bits per heavy atom. The number of ether oxygens (including phenoxy) is 2. The van der Waals surface area contributed by atoms with Crippen LogP contribution < -0.4 is 14.4 Å². The van der Waals surface area contributed by atoms with E-state index in [1.165, 1.54) is 0 Å². The molecule has 6 rings (SSSR count). The molecule has 2 aliphatic heterocycles. The van der Waals surface area contributed by atoms with Crippen molar-refractivity contribution in [3.05, 3.63) is 100 Å². The predicted molar refractivity (Wildman–Crippen MR) is 186 cm³/mol. The van der Waals surface area contributed by atoms with Crippen molar-refractivity contribution in [1.82, 2.24) is 19.3 Å². The van der Waals surface area contributed by atoms with Gasteiger partial charge in [-0.3, -0.25) is 14.5 Å². The van der Waals surface area contributed by atoms with Crippen LogP contribution in [0.3, 0.4) is 0 Å². The van der Waals surface area contributed by atoms with Crippen LogP contribution in [-0.4, -0.2) is 98.7 Å². The lowest BCUT2D eigenvalue weighted by Crippen LogP contribution is -2.49. The molecule has 0 unspecified atom stereocenters. The number of methoxy groups -OCH3 is 2. The second-order valence-corrected chi connectivity index (χ2v) is 12.8. The minimum absolute atomic E-state index is 0.0306. The highest BCUT2D eigenvalue weighted by Gasteiger charge is 2.31. The molecular weight excluding hydrogens is 614 g/mol. The number of benzene rings is 3. The molecule has 0 spiro atoms. The number of hydrogen-bond acceptors (Lipinski definition) is 6. The molecule has 4 aromatic rings. The molecule has 246 valence electrons. The number of fused-ring (bicyclic) bond motifs is 2. The quantitative estimate of drug-likeness (QED) is 0.229. The molecule has 0 N–H and O–H groups in total. The van der Waals surface area contributed by atoms with Crippen molar-refractivity contribution in [3.8, 4) is 22.6 Å². The molecular formula is C37H42ClN5O4. The summed E-state index contributed by atoms with van der Waals surface area (Å²) in [5.41, 5.74) is 5.23. The van der Waals surface area contributed by atoms with E-state index in [2.05, 4.69) is 28.5 Å². The second kappa shape index (κ2) is 14.2. The highest BCUT2D eigenvalue weighted by molar-refractivity contribution is 6.34. The van der Waals surface area contributed by atoms with Crippen molar-refractivity contribution in [3.63, 3.8) is 0 Å². The molecule has 3 heterocycles. The summed E-state index contributed by atoms with van der Waals surface area (Å²) in [6.45, 7) is 6.04. The number of rotatable bonds is 9. The Morgan fingerprint density at radius 2 is 1.64 bits per heavy atom. The van der Waals surface area contributed by atoms with Crippen LogP contribution >= 0.6 is 11.6 Å². The molecule has 0 bridgehead atoms. The molecule has 0 atom stereocenters. The molecule has 47 heavy (non-hydrogen) atoms. The minimum atomic E-state index is -0.235. The van der Waals surface area contributed by atoms with E-state index in [1.807, 2.05) is 65.6 Å². The van der Waals surface area contributed by atoms with Gasteiger partial charge < -0.3 is 28.7 Å². The van der Waals surface area contributed by atoms with Crippen LogP contribution in [-0.2, 0) is 13.1 Å². The van der Waals surface area contributed by atoms with Gasteiger partial charge in [0.05, 0.1) is 32.9 Å². The van der Waals surface area contributed by atoms with E-state index in [-0.39, 0.29) is 11.8 Å². The Bertz CT molecular complexity index is 1760. The van der Waals surface area contributed by atoms with E-state index in [4.69, 9.17) is 21.1 Å². The van der Waals surface area contributed by atoms with Crippen molar-refractivity contribution in [2.75, 3.05) is 72.5 Å². The van der Waals surface area contributed by atoms with Crippen LogP contribution in [0, 0.1) is 0 Å². The van der Waals surface area contributed by atoms with Gasteiger partial charge in [0.15, 0.2) is 0 Å². The summed E-state index contributed by atoms with van der Waals surface area (Å²) < 4.78 is 13.2. The number of anilines is 1. The first-order valence-electron chi connectivity index (χ1n) is 16.0. The summed E-state index contributed by atoms with van der Waals surface area (Å²) in [5, 5.41) is 0.430. The predicted octanol–water partition coefficient (Wildman–Crippen LogP) is 5.74. The molecule has 9 nitrogen and oxygen atoms in total. The van der Waals surface area contributed by atoms with Gasteiger partial charge in [-0.2, -0.15) is 0 Å². The highest BCUT2D eigenvalue weighted by atomic mass is 35.5. The van der Waals surface area contributed by atoms with Crippen molar-refractivity contribution in [1.29, 1.82) is 0 Å². The average Bonchev–Trinajstić information content (AvgIpc) is 3.40. The number of amides is 2. The maximum absolute atomic E-state index is 14.4. The lowest BCUT2D eigenvalue weighted by atomic mass is 10.0. The van der Waals surface area contributed by atoms with Crippen molar-refractivity contribution in [2.45, 2.75) is 19.5 Å². The summed E-state index contributed by atoms with van der Waals surface area (Å²) in [7, 11) is 7.36. The van der Waals surface area contributed by atoms with E-state index >= 15 is 0 Å². The molecule has 2 amide bonds. The zero-order chi connectivity index (χ0) is 33.1. The summed E-state index contributed by atoms with van der Waals surface area (Å²) >= 11 is 6.83. The van der Waals surface area contributed by atoms with Gasteiger partial charge in [0.2, 0.25) is 0 Å². The van der Waals surface area contributed by atoms with Crippen LogP contribution in [0.1, 0.15) is 38.5 Å². The number of para-hydroxylation sites is 1. The fourth-order valence-corrected chi connectivity index (χ4v) is 6.79. The molecule has 0 saturated carbocycles. The zero-order valence-electron chi connectivity index (χ0n) is 27.5. The topological polar surface area (TPSA) is 70.5 Å². The van der Waals surface area contributed by atoms with E-state index in [0.717, 1.165) is 60.7 Å². The SMILES string of the molecule is COc1cccc(-c2cc(OC)c(C(=O)N3Cc4ccc(C(=O)N5CCN(CCCN(C)C)CC5)n4Cc4ccccc43)cc2Cl)c1. The molecule has 1 saturated heterocycles. The van der Waals surface area contributed by atoms with Crippen LogP contribution in [0.25, 0.3) is 11.1 Å². The number of aromatic nitrogens is 1. The molecule has 0 aliphatic carbocycles. The van der Waals surface area contributed by atoms with Crippen molar-refractivity contribution < 1.29 is 19.1 Å². The third-order valence-electron chi connectivity index (χ3n) is 9.11. The van der Waals surface area contributed by atoms with Gasteiger partial charge >= 0.3 is 0 Å². The molecule has 0 radical (unpaired) electrons. The van der Waals surface area contributed by atoms with Gasteiger partial charge in [0.1, 0.15) is 17.2 Å². The van der Waals surface area contributed by atoms with Crippen LogP contribution in [0.2, 0.25) is 5.02 Å². The number of carbonyl (C=O) groups excluding carboxylic acids is 2. The fourth-order valence-electron chi connectivity index (χ4n) is 6.52. The molecule has 10 heteroatoms. The Morgan fingerprint density at radius 1 is 0.851 bits per heavy atom. The van der Waals surface area contributed by atoms with E-state index in [0.29, 0.717) is 54.0 Å². The highest BCUT2D eigenvalue weighted by Crippen LogP contribution is 2.38. The molecule has 2 aliphatic rings. The number of halogens is 1. The van der Waals surface area contributed by atoms with Gasteiger partial charge in [-0.1, -0.05) is 41.9 Å². The van der Waals surface area contributed by atoms with E-state index in [9.17, 15) is 9.59 Å². The van der Waals surface area contributed by atoms with Crippen molar-refractivity contribution in [2.24, 2.45) is 0 Å². The van der Waals surface area contributed by atoms with Gasteiger partial charge in [-0.05, 0) is 87.2 Å². The van der Waals surface area contributed by atoms with Crippen LogP contribution in [0.15, 0.2) is 72.8 Å². The van der Waals surface area contributed by atoms with E-state index < -0.39 is 0 Å². The summed E-state index contributed by atoms with van der Waals surface area (Å²) in [4.78, 5) is 36.6. The summed E-state index contributed by atoms with van der Waals surface area (Å²) in [6, 6.07) is 22.8. The lowest BCUT2D eigenvalue weighted by molar-refractivity contribution is 0.0623. The average molecular weight is 656 g/mol. The maximum Gasteiger partial charge on any atom is 0.270 e. The van der Waals surface area contributed by atoms with Crippen molar-refractivity contribution >= 4 is 29.1 Å². The summed E-state index contributed by atoms with van der Waals surface area (Å²) in [5.74, 6) is 0.924. The number of carbonyl (C=O) groups is 2. The van der Waals surface area contributed by atoms with Crippen LogP contribution in [0.5, 0.6) is 11.5 Å². The Balaban J connectivity index is 1.26. The monoisotopic (exact) mass is 655 g/mol. The Kier molecular flexibility index (Phi) is 9.87. The Labute approximate surface area is 281 Å². The van der Waals surface area contributed by atoms with Gasteiger partial charge in [0, 0.05) is 48.1 Å². The normalized spacial score (nSPS) is 14.9. The second-order valence-electron chi connectivity index (χ2n) is 12.4. The maximum atomic E-state index is 14.4. The lowest BCUT2D eigenvalue weighted by Gasteiger charge is -2.35. The zero-order valence-corrected chi connectivity index (χ0v) is 28.3. The first kappa shape index (κ1) is 32.6. The molecule has 3 aromatic carbocycles. The van der Waals surface area contributed by atoms with E-state index in [1.54, 1.807) is 31.3 Å².